The lowest BCUT2D eigenvalue weighted by Gasteiger charge is -2.13. The van der Waals surface area contributed by atoms with Crippen LogP contribution in [0.25, 0.3) is 0 Å². The molecule has 0 fully saturated rings. The van der Waals surface area contributed by atoms with E-state index in [9.17, 15) is 0 Å². The number of hydrogen-bond donors (Lipinski definition) is 0. The summed E-state index contributed by atoms with van der Waals surface area (Å²) in [6.07, 6.45) is 2.48. The molecule has 16 heavy (non-hydrogen) atoms. The number of aryl methyl sites for hydroxylation is 2. The second kappa shape index (κ2) is 6.17. The Balaban J connectivity index is 2.54. The van der Waals surface area contributed by atoms with Crippen molar-refractivity contribution in [2.75, 3.05) is 6.61 Å². The van der Waals surface area contributed by atoms with Crippen LogP contribution in [0.5, 0.6) is 5.75 Å². The largest absolute Gasteiger partial charge is 0.493 e. The fourth-order valence-corrected chi connectivity index (χ4v) is 1.63. The number of rotatable bonds is 5. The van der Waals surface area contributed by atoms with E-state index in [1.54, 1.807) is 0 Å². The molecule has 86 valence electrons. The van der Waals surface area contributed by atoms with Gasteiger partial charge in [0.05, 0.1) is 12.7 Å². The van der Waals surface area contributed by atoms with Crippen molar-refractivity contribution in [2.45, 2.75) is 40.0 Å². The van der Waals surface area contributed by atoms with Crippen LogP contribution in [0, 0.1) is 32.1 Å². The number of hydrogen-bond acceptors (Lipinski definition) is 2. The summed E-state index contributed by atoms with van der Waals surface area (Å²) in [5.74, 6) is 1.01. The lowest BCUT2D eigenvalue weighted by atomic mass is 10.1. The van der Waals surface area contributed by atoms with Gasteiger partial charge in [-0.1, -0.05) is 12.1 Å². The lowest BCUT2D eigenvalue weighted by molar-refractivity contribution is 0.303. The minimum absolute atomic E-state index is 0.620. The molecular formula is C14H19NO. The highest BCUT2D eigenvalue weighted by Gasteiger charge is 2.05. The van der Waals surface area contributed by atoms with E-state index in [2.05, 4.69) is 39.0 Å². The molecule has 0 radical (unpaired) electrons. The van der Waals surface area contributed by atoms with Gasteiger partial charge in [0.1, 0.15) is 5.75 Å². The maximum atomic E-state index is 8.42. The molecule has 0 saturated carbocycles. The smallest absolute Gasteiger partial charge is 0.125 e. The Kier molecular flexibility index (Phi) is 4.85. The molecule has 0 spiro atoms. The number of ether oxygens (including phenoxy) is 1. The quantitative estimate of drug-likeness (QED) is 0.705. The highest BCUT2D eigenvalue weighted by molar-refractivity contribution is 5.44. The van der Waals surface area contributed by atoms with E-state index >= 15 is 0 Å². The normalized spacial score (nSPS) is 9.88. The maximum Gasteiger partial charge on any atom is 0.125 e. The van der Waals surface area contributed by atoms with Crippen molar-refractivity contribution in [3.05, 3.63) is 28.8 Å². The van der Waals surface area contributed by atoms with Crippen LogP contribution in [-0.4, -0.2) is 6.61 Å². The van der Waals surface area contributed by atoms with Gasteiger partial charge in [0.15, 0.2) is 0 Å². The summed E-state index contributed by atoms with van der Waals surface area (Å²) in [7, 11) is 0. The first kappa shape index (κ1) is 12.6. The predicted molar refractivity (Wildman–Crippen MR) is 65.6 cm³/mol. The Morgan fingerprint density at radius 3 is 2.50 bits per heavy atom. The van der Waals surface area contributed by atoms with Crippen molar-refractivity contribution in [1.82, 2.24) is 0 Å². The molecule has 0 N–H and O–H groups in total. The highest BCUT2D eigenvalue weighted by atomic mass is 16.5. The van der Waals surface area contributed by atoms with Gasteiger partial charge in [-0.25, -0.2) is 0 Å². The standard InChI is InChI=1S/C14H19NO/c1-11-7-8-12(2)14(13(11)3)16-10-6-4-5-9-15/h7-8H,4-6,10H2,1-3H3. The zero-order chi connectivity index (χ0) is 12.0. The van der Waals surface area contributed by atoms with Crippen LogP contribution in [0.2, 0.25) is 0 Å². The van der Waals surface area contributed by atoms with Crippen molar-refractivity contribution in [2.24, 2.45) is 0 Å². The van der Waals surface area contributed by atoms with Gasteiger partial charge in [-0.3, -0.25) is 0 Å². The van der Waals surface area contributed by atoms with Crippen LogP contribution in [-0.2, 0) is 0 Å². The van der Waals surface area contributed by atoms with E-state index in [1.807, 2.05) is 0 Å². The second-order valence-electron chi connectivity index (χ2n) is 4.12. The molecule has 0 atom stereocenters. The number of benzene rings is 1. The molecule has 0 heterocycles. The van der Waals surface area contributed by atoms with Crippen LogP contribution in [0.15, 0.2) is 12.1 Å². The molecule has 1 rings (SSSR count). The average Bonchev–Trinajstić information content (AvgIpc) is 2.28. The zero-order valence-corrected chi connectivity index (χ0v) is 10.3. The highest BCUT2D eigenvalue weighted by Crippen LogP contribution is 2.25. The third kappa shape index (κ3) is 3.27. The molecule has 1 aromatic rings. The van der Waals surface area contributed by atoms with Crippen LogP contribution in [0.4, 0.5) is 0 Å². The number of nitriles is 1. The topological polar surface area (TPSA) is 33.0 Å². The Hall–Kier alpha value is -1.49. The molecule has 0 unspecified atom stereocenters. The molecule has 0 saturated heterocycles. The van der Waals surface area contributed by atoms with Crippen LogP contribution < -0.4 is 4.74 Å². The summed E-state index contributed by atoms with van der Waals surface area (Å²) in [6, 6.07) is 6.35. The van der Waals surface area contributed by atoms with Gasteiger partial charge in [0.2, 0.25) is 0 Å². The van der Waals surface area contributed by atoms with E-state index in [4.69, 9.17) is 10.00 Å². The summed E-state index contributed by atoms with van der Waals surface area (Å²) < 4.78 is 5.79. The first-order valence-electron chi connectivity index (χ1n) is 5.73. The maximum absolute atomic E-state index is 8.42. The van der Waals surface area contributed by atoms with Gasteiger partial charge >= 0.3 is 0 Å². The molecule has 0 aromatic heterocycles. The van der Waals surface area contributed by atoms with E-state index in [-0.39, 0.29) is 0 Å². The summed E-state index contributed by atoms with van der Waals surface area (Å²) in [6.45, 7) is 6.95. The van der Waals surface area contributed by atoms with Crippen molar-refractivity contribution in [3.8, 4) is 11.8 Å². The lowest BCUT2D eigenvalue weighted by Crippen LogP contribution is -2.01. The number of nitrogens with zero attached hydrogens (tertiary/aromatic N) is 1. The average molecular weight is 217 g/mol. The molecular weight excluding hydrogens is 198 g/mol. The minimum atomic E-state index is 0.620. The van der Waals surface area contributed by atoms with Gasteiger partial charge in [0.25, 0.3) is 0 Å². The molecule has 0 bridgehead atoms. The van der Waals surface area contributed by atoms with Gasteiger partial charge in [-0.15, -0.1) is 0 Å². The van der Waals surface area contributed by atoms with Crippen LogP contribution >= 0.6 is 0 Å². The number of unbranched alkanes of at least 4 members (excludes halogenated alkanes) is 2. The van der Waals surface area contributed by atoms with Gasteiger partial charge in [0, 0.05) is 6.42 Å². The summed E-state index contributed by atoms with van der Waals surface area (Å²) >= 11 is 0. The molecule has 2 nitrogen and oxygen atoms in total. The van der Waals surface area contributed by atoms with Crippen molar-refractivity contribution < 1.29 is 4.74 Å². The molecule has 0 aliphatic carbocycles. The van der Waals surface area contributed by atoms with Crippen molar-refractivity contribution in [1.29, 1.82) is 5.26 Å². The van der Waals surface area contributed by atoms with Gasteiger partial charge in [-0.2, -0.15) is 5.26 Å². The predicted octanol–water partition coefficient (Wildman–Crippen LogP) is 3.68. The summed E-state index contributed by atoms with van der Waals surface area (Å²) in [5.41, 5.74) is 3.67. The zero-order valence-electron chi connectivity index (χ0n) is 10.3. The van der Waals surface area contributed by atoms with Crippen LogP contribution in [0.1, 0.15) is 36.0 Å². The minimum Gasteiger partial charge on any atom is -0.493 e. The molecule has 1 aromatic carbocycles. The Bertz CT molecular complexity index is 390. The molecule has 2 heteroatoms. The van der Waals surface area contributed by atoms with E-state index < -0.39 is 0 Å². The third-order valence-electron chi connectivity index (χ3n) is 2.80. The van der Waals surface area contributed by atoms with E-state index in [1.165, 1.54) is 16.7 Å². The monoisotopic (exact) mass is 217 g/mol. The van der Waals surface area contributed by atoms with Gasteiger partial charge < -0.3 is 4.74 Å². The Morgan fingerprint density at radius 1 is 1.12 bits per heavy atom. The van der Waals surface area contributed by atoms with E-state index in [0.717, 1.165) is 18.6 Å². The second-order valence-corrected chi connectivity index (χ2v) is 4.12. The first-order valence-corrected chi connectivity index (χ1v) is 5.73. The first-order chi connectivity index (χ1) is 7.66. The SMILES string of the molecule is Cc1ccc(C)c(OCCCCC#N)c1C. The van der Waals surface area contributed by atoms with Gasteiger partial charge in [-0.05, 0) is 50.3 Å². The molecule has 0 aliphatic heterocycles. The van der Waals surface area contributed by atoms with Crippen molar-refractivity contribution in [3.63, 3.8) is 0 Å². The Morgan fingerprint density at radius 2 is 1.81 bits per heavy atom. The molecule has 0 amide bonds. The third-order valence-corrected chi connectivity index (χ3v) is 2.80. The fourth-order valence-electron chi connectivity index (χ4n) is 1.63. The fraction of sp³-hybridized carbons (Fsp3) is 0.500. The summed E-state index contributed by atoms with van der Waals surface area (Å²) in [5, 5.41) is 8.42. The van der Waals surface area contributed by atoms with E-state index in [0.29, 0.717) is 13.0 Å². The Labute approximate surface area is 97.9 Å². The summed E-state index contributed by atoms with van der Waals surface area (Å²) in [4.78, 5) is 0. The molecule has 0 aliphatic rings. The van der Waals surface area contributed by atoms with Crippen LogP contribution in [0.3, 0.4) is 0 Å². The van der Waals surface area contributed by atoms with Crippen molar-refractivity contribution >= 4 is 0 Å².